The van der Waals surface area contributed by atoms with Gasteiger partial charge in [0.05, 0.1) is 5.69 Å². The Morgan fingerprint density at radius 3 is 2.67 bits per heavy atom. The number of phenolic OH excluding ortho intramolecular Hbond substituents is 1. The Morgan fingerprint density at radius 1 is 1.44 bits per heavy atom. The molecule has 0 unspecified atom stereocenters. The summed E-state index contributed by atoms with van der Waals surface area (Å²) in [5.74, 6) is 0.363. The van der Waals surface area contributed by atoms with Gasteiger partial charge in [-0.25, -0.2) is 0 Å². The highest BCUT2D eigenvalue weighted by atomic mass is 16.3. The van der Waals surface area contributed by atoms with Crippen LogP contribution in [0.1, 0.15) is 29.2 Å². The molecule has 18 heavy (non-hydrogen) atoms. The molecule has 0 aromatic heterocycles. The molecule has 1 aliphatic rings. The third-order valence-electron chi connectivity index (χ3n) is 3.70. The van der Waals surface area contributed by atoms with Crippen LogP contribution in [0.15, 0.2) is 12.2 Å². The first-order valence-corrected chi connectivity index (χ1v) is 6.17. The zero-order valence-corrected chi connectivity index (χ0v) is 11.2. The molecular weight excluding hydrogens is 226 g/mol. The maximum Gasteiger partial charge on any atom is 0.214 e. The molecular formula is C15H19NO2. The number of carbonyl (C=O) groups excluding carboxylic acids is 1. The second-order valence-electron chi connectivity index (χ2n) is 5.09. The molecule has 0 atom stereocenters. The van der Waals surface area contributed by atoms with E-state index in [4.69, 9.17) is 0 Å². The summed E-state index contributed by atoms with van der Waals surface area (Å²) in [6, 6.07) is 0. The Labute approximate surface area is 108 Å². The lowest BCUT2D eigenvalue weighted by Crippen LogP contribution is -2.18. The predicted molar refractivity (Wildman–Crippen MR) is 73.2 cm³/mol. The summed E-state index contributed by atoms with van der Waals surface area (Å²) in [5.41, 5.74) is 5.89. The van der Waals surface area contributed by atoms with E-state index in [-0.39, 0.29) is 0 Å². The van der Waals surface area contributed by atoms with Crippen molar-refractivity contribution in [2.45, 2.75) is 33.6 Å². The second kappa shape index (κ2) is 4.48. The van der Waals surface area contributed by atoms with Crippen LogP contribution in [0.25, 0.3) is 0 Å². The largest absolute Gasteiger partial charge is 0.507 e. The van der Waals surface area contributed by atoms with Gasteiger partial charge in [0.1, 0.15) is 5.75 Å². The summed E-state index contributed by atoms with van der Waals surface area (Å²) in [4.78, 5) is 12.8. The zero-order chi connectivity index (χ0) is 13.4. The molecule has 0 radical (unpaired) electrons. The van der Waals surface area contributed by atoms with Gasteiger partial charge in [-0.2, -0.15) is 0 Å². The number of phenols is 1. The molecule has 0 spiro atoms. The molecule has 0 saturated carbocycles. The Bertz CT molecular complexity index is 532. The van der Waals surface area contributed by atoms with Crippen LogP contribution in [0.2, 0.25) is 0 Å². The van der Waals surface area contributed by atoms with Crippen LogP contribution in [-0.4, -0.2) is 18.1 Å². The van der Waals surface area contributed by atoms with Gasteiger partial charge in [-0.1, -0.05) is 12.2 Å². The van der Waals surface area contributed by atoms with E-state index in [0.717, 1.165) is 46.3 Å². The van der Waals surface area contributed by atoms with E-state index in [0.29, 0.717) is 18.7 Å². The van der Waals surface area contributed by atoms with Gasteiger partial charge in [0.15, 0.2) is 0 Å². The Morgan fingerprint density at radius 2 is 2.11 bits per heavy atom. The van der Waals surface area contributed by atoms with E-state index in [1.165, 1.54) is 0 Å². The predicted octanol–water partition coefficient (Wildman–Crippen LogP) is 2.65. The third-order valence-corrected chi connectivity index (χ3v) is 3.70. The highest BCUT2D eigenvalue weighted by molar-refractivity contribution is 5.84. The fourth-order valence-electron chi connectivity index (χ4n) is 2.69. The molecule has 0 aliphatic carbocycles. The van der Waals surface area contributed by atoms with Crippen molar-refractivity contribution in [2.75, 3.05) is 11.4 Å². The van der Waals surface area contributed by atoms with E-state index in [1.807, 2.05) is 20.8 Å². The van der Waals surface area contributed by atoms with Crippen LogP contribution in [-0.2, 0) is 17.6 Å². The molecule has 3 heteroatoms. The van der Waals surface area contributed by atoms with Crippen LogP contribution in [0.5, 0.6) is 5.75 Å². The van der Waals surface area contributed by atoms with Crippen LogP contribution >= 0.6 is 0 Å². The van der Waals surface area contributed by atoms with Gasteiger partial charge in [-0.05, 0) is 50.3 Å². The quantitative estimate of drug-likeness (QED) is 0.657. The van der Waals surface area contributed by atoms with Crippen LogP contribution in [0.3, 0.4) is 0 Å². The summed E-state index contributed by atoms with van der Waals surface area (Å²) in [5, 5.41) is 10.3. The number of amides is 1. The van der Waals surface area contributed by atoms with Gasteiger partial charge >= 0.3 is 0 Å². The zero-order valence-electron chi connectivity index (χ0n) is 11.2. The number of nitrogens with zero attached hydrogens (tertiary/aromatic N) is 1. The van der Waals surface area contributed by atoms with Gasteiger partial charge < -0.3 is 10.0 Å². The number of benzene rings is 1. The SMILES string of the molecule is C=C(C)Cc1c(O)c(C)c(C)c2c1CCN2C=O. The van der Waals surface area contributed by atoms with E-state index < -0.39 is 0 Å². The minimum atomic E-state index is 0.363. The monoisotopic (exact) mass is 245 g/mol. The molecule has 1 aromatic rings. The Balaban J connectivity index is 2.69. The molecule has 0 fully saturated rings. The van der Waals surface area contributed by atoms with Crippen LogP contribution < -0.4 is 4.90 Å². The number of fused-ring (bicyclic) bond motifs is 1. The average molecular weight is 245 g/mol. The summed E-state index contributed by atoms with van der Waals surface area (Å²) >= 11 is 0. The highest BCUT2D eigenvalue weighted by Gasteiger charge is 2.27. The molecule has 1 N–H and O–H groups in total. The Kier molecular flexibility index (Phi) is 3.16. The Hall–Kier alpha value is -1.77. The number of carbonyl (C=O) groups is 1. The first kappa shape index (κ1) is 12.7. The maximum absolute atomic E-state index is 11.1. The molecule has 1 amide bonds. The molecule has 3 nitrogen and oxygen atoms in total. The van der Waals surface area contributed by atoms with Crippen molar-refractivity contribution in [3.05, 3.63) is 34.4 Å². The number of rotatable bonds is 3. The normalized spacial score (nSPS) is 13.6. The minimum absolute atomic E-state index is 0.363. The van der Waals surface area contributed by atoms with Gasteiger partial charge in [0.2, 0.25) is 6.41 Å². The number of anilines is 1. The number of hydrogen-bond donors (Lipinski definition) is 1. The number of hydrogen-bond acceptors (Lipinski definition) is 2. The van der Waals surface area contributed by atoms with Crippen molar-refractivity contribution in [3.8, 4) is 5.75 Å². The molecule has 0 bridgehead atoms. The summed E-state index contributed by atoms with van der Waals surface area (Å²) in [6.07, 6.45) is 2.35. The third kappa shape index (κ3) is 1.80. The minimum Gasteiger partial charge on any atom is -0.507 e. The summed E-state index contributed by atoms with van der Waals surface area (Å²) in [6.45, 7) is 10.4. The molecule has 1 aliphatic heterocycles. The highest BCUT2D eigenvalue weighted by Crippen LogP contribution is 2.41. The van der Waals surface area contributed by atoms with Gasteiger partial charge in [-0.3, -0.25) is 4.79 Å². The van der Waals surface area contributed by atoms with E-state index >= 15 is 0 Å². The average Bonchev–Trinajstić information content (AvgIpc) is 2.75. The smallest absolute Gasteiger partial charge is 0.214 e. The maximum atomic E-state index is 11.1. The van der Waals surface area contributed by atoms with Crippen molar-refractivity contribution in [2.24, 2.45) is 0 Å². The molecule has 1 aromatic carbocycles. The standard InChI is InChI=1S/C15H19NO2/c1-9(2)7-13-12-5-6-16(8-17)14(12)10(3)11(4)15(13)18/h8,18H,1,5-7H2,2-4H3. The van der Waals surface area contributed by atoms with Crippen molar-refractivity contribution in [1.29, 1.82) is 0 Å². The lowest BCUT2D eigenvalue weighted by atomic mass is 9.92. The molecule has 2 rings (SSSR count). The topological polar surface area (TPSA) is 40.5 Å². The molecule has 96 valence electrons. The van der Waals surface area contributed by atoms with Gasteiger partial charge in [-0.15, -0.1) is 0 Å². The van der Waals surface area contributed by atoms with Crippen molar-refractivity contribution >= 4 is 12.1 Å². The van der Waals surface area contributed by atoms with E-state index in [2.05, 4.69) is 6.58 Å². The summed E-state index contributed by atoms with van der Waals surface area (Å²) < 4.78 is 0. The second-order valence-corrected chi connectivity index (χ2v) is 5.09. The van der Waals surface area contributed by atoms with Gasteiger partial charge in [0, 0.05) is 12.1 Å². The van der Waals surface area contributed by atoms with E-state index in [9.17, 15) is 9.90 Å². The number of allylic oxidation sites excluding steroid dienone is 1. The van der Waals surface area contributed by atoms with Crippen LogP contribution in [0.4, 0.5) is 5.69 Å². The fraction of sp³-hybridized carbons (Fsp3) is 0.400. The first-order chi connectivity index (χ1) is 8.47. The van der Waals surface area contributed by atoms with Crippen LogP contribution in [0, 0.1) is 13.8 Å². The molecule has 1 heterocycles. The van der Waals surface area contributed by atoms with Crippen molar-refractivity contribution in [1.82, 2.24) is 0 Å². The number of aromatic hydroxyl groups is 1. The lowest BCUT2D eigenvalue weighted by molar-refractivity contribution is -0.107. The first-order valence-electron chi connectivity index (χ1n) is 6.17. The van der Waals surface area contributed by atoms with Gasteiger partial charge in [0.25, 0.3) is 0 Å². The lowest BCUT2D eigenvalue weighted by Gasteiger charge is -2.19. The van der Waals surface area contributed by atoms with E-state index in [1.54, 1.807) is 4.90 Å². The van der Waals surface area contributed by atoms with Crippen molar-refractivity contribution < 1.29 is 9.90 Å². The summed E-state index contributed by atoms with van der Waals surface area (Å²) in [7, 11) is 0. The van der Waals surface area contributed by atoms with Crippen molar-refractivity contribution in [3.63, 3.8) is 0 Å². The fourth-order valence-corrected chi connectivity index (χ4v) is 2.69. The molecule has 0 saturated heterocycles.